The molecule has 0 atom stereocenters. The molecule has 6 nitrogen and oxygen atoms in total. The number of carboxylic acid groups (broad SMARTS) is 1. The normalized spacial score (nSPS) is 11.9. The predicted molar refractivity (Wildman–Crippen MR) is 212 cm³/mol. The van der Waals surface area contributed by atoms with Crippen molar-refractivity contribution in [3.05, 3.63) is 167 Å². The Morgan fingerprint density at radius 1 is 0.538 bits per heavy atom. The van der Waals surface area contributed by atoms with Crippen molar-refractivity contribution in [3.63, 3.8) is 0 Å². The lowest BCUT2D eigenvalue weighted by Crippen LogP contribution is -2.00. The van der Waals surface area contributed by atoms with E-state index in [0.717, 1.165) is 89.4 Å². The molecule has 4 aromatic carbocycles. The molecule has 0 unspecified atom stereocenters. The van der Waals surface area contributed by atoms with Gasteiger partial charge in [-0.1, -0.05) is 109 Å². The van der Waals surface area contributed by atoms with E-state index in [1.807, 2.05) is 97.9 Å². The molecule has 0 amide bonds. The van der Waals surface area contributed by atoms with Gasteiger partial charge in [0.05, 0.1) is 33.9 Å². The van der Waals surface area contributed by atoms with Crippen LogP contribution < -0.4 is 0 Å². The second-order valence-electron chi connectivity index (χ2n) is 13.0. The largest absolute Gasteiger partial charge is 0.478 e. The van der Waals surface area contributed by atoms with Gasteiger partial charge in [0.15, 0.2) is 0 Å². The van der Waals surface area contributed by atoms with Crippen LogP contribution in [0, 0.1) is 6.92 Å². The number of nitrogens with one attached hydrogen (secondary N) is 2. The van der Waals surface area contributed by atoms with Crippen LogP contribution in [0.15, 0.2) is 133 Å². The molecule has 2 aliphatic rings. The van der Waals surface area contributed by atoms with Crippen molar-refractivity contribution >= 4 is 52.3 Å². The first kappa shape index (κ1) is 31.0. The molecule has 0 fully saturated rings. The number of hydrogen-bond acceptors (Lipinski definition) is 3. The van der Waals surface area contributed by atoms with Gasteiger partial charge in [-0.3, -0.25) is 0 Å². The predicted octanol–water partition coefficient (Wildman–Crippen LogP) is 11.3. The number of aromatic nitrogens is 4. The summed E-state index contributed by atoms with van der Waals surface area (Å²) in [6, 6.07) is 44.6. The zero-order chi connectivity index (χ0) is 35.2. The van der Waals surface area contributed by atoms with Crippen molar-refractivity contribution < 1.29 is 9.90 Å². The Labute approximate surface area is 300 Å². The Morgan fingerprint density at radius 2 is 1.08 bits per heavy atom. The monoisotopic (exact) mass is 672 g/mol. The van der Waals surface area contributed by atoms with Crippen LogP contribution in [-0.4, -0.2) is 31.0 Å². The Morgan fingerprint density at radius 3 is 1.67 bits per heavy atom. The first-order valence-electron chi connectivity index (χ1n) is 17.2. The highest BCUT2D eigenvalue weighted by Gasteiger charge is 2.21. The molecule has 3 aromatic heterocycles. The standard InChI is InChI=1S/C46H32N4O2/c1-28-17-19-34(36(25-28)46(51)52)35-27-33-26-32-18-20-37(47-32)42(29-11-5-2-6-12-29)38-21-22-39(49-38)43(30-13-7-3-8-14-30)40-23-24-41(50-40)44(45(35)48-33)31-15-9-4-10-16-31/h2-27,48-49H,1H3,(H,51,52). The van der Waals surface area contributed by atoms with E-state index in [9.17, 15) is 9.90 Å². The van der Waals surface area contributed by atoms with E-state index in [2.05, 4.69) is 70.7 Å². The second kappa shape index (κ2) is 12.7. The average molecular weight is 673 g/mol. The molecule has 248 valence electrons. The SMILES string of the molecule is Cc1ccc(-c2cc3cc4nc(c(-c5ccccc5)c5ccc([nH]5)c(-c5ccccc5)c5nc(c(-c6ccccc6)c2[nH]3)C=C5)C=C4)c(C(=O)O)c1. The maximum Gasteiger partial charge on any atom is 0.336 e. The van der Waals surface area contributed by atoms with Gasteiger partial charge in [0.1, 0.15) is 0 Å². The Balaban J connectivity index is 1.49. The average Bonchev–Trinajstić information content (AvgIpc) is 4.00. The van der Waals surface area contributed by atoms with Crippen molar-refractivity contribution in [2.45, 2.75) is 6.92 Å². The number of aromatic amines is 2. The van der Waals surface area contributed by atoms with Crippen LogP contribution in [0.3, 0.4) is 0 Å². The molecule has 0 saturated heterocycles. The lowest BCUT2D eigenvalue weighted by Gasteiger charge is -2.10. The van der Waals surface area contributed by atoms with Crippen LogP contribution in [0.5, 0.6) is 0 Å². The van der Waals surface area contributed by atoms with Gasteiger partial charge in [0, 0.05) is 38.8 Å². The summed E-state index contributed by atoms with van der Waals surface area (Å²) in [5.74, 6) is -0.983. The van der Waals surface area contributed by atoms with Gasteiger partial charge in [0.2, 0.25) is 0 Å². The van der Waals surface area contributed by atoms with Crippen LogP contribution in [0.1, 0.15) is 38.7 Å². The molecule has 9 rings (SSSR count). The van der Waals surface area contributed by atoms with E-state index in [0.29, 0.717) is 5.56 Å². The highest BCUT2D eigenvalue weighted by Crippen LogP contribution is 2.40. The van der Waals surface area contributed by atoms with Crippen molar-refractivity contribution in [2.75, 3.05) is 0 Å². The number of fused-ring (bicyclic) bond motifs is 8. The molecule has 0 saturated carbocycles. The number of H-pyrrole nitrogens is 2. The van der Waals surface area contributed by atoms with Crippen LogP contribution in [0.25, 0.3) is 90.9 Å². The minimum atomic E-state index is -0.983. The minimum absolute atomic E-state index is 0.235. The maximum atomic E-state index is 12.7. The fourth-order valence-corrected chi connectivity index (χ4v) is 7.23. The number of nitrogens with zero attached hydrogens (tertiary/aromatic N) is 2. The van der Waals surface area contributed by atoms with Gasteiger partial charge < -0.3 is 15.1 Å². The third-order valence-corrected chi connectivity index (χ3v) is 9.57. The Kier molecular flexibility index (Phi) is 7.55. The lowest BCUT2D eigenvalue weighted by atomic mass is 9.95. The molecule has 8 bridgehead atoms. The summed E-state index contributed by atoms with van der Waals surface area (Å²) in [5, 5.41) is 10.4. The van der Waals surface area contributed by atoms with Gasteiger partial charge in [-0.25, -0.2) is 14.8 Å². The number of carboxylic acids is 1. The number of benzene rings is 4. The van der Waals surface area contributed by atoms with Crippen LogP contribution >= 0.6 is 0 Å². The second-order valence-corrected chi connectivity index (χ2v) is 13.0. The third-order valence-electron chi connectivity index (χ3n) is 9.57. The molecule has 0 aliphatic carbocycles. The number of aryl methyl sites for hydroxylation is 1. The van der Waals surface area contributed by atoms with E-state index in [1.165, 1.54) is 0 Å². The summed E-state index contributed by atoms with van der Waals surface area (Å²) in [6.07, 6.45) is 8.18. The summed E-state index contributed by atoms with van der Waals surface area (Å²) in [6.45, 7) is 1.91. The summed E-state index contributed by atoms with van der Waals surface area (Å²) in [7, 11) is 0. The first-order valence-corrected chi connectivity index (χ1v) is 17.2. The zero-order valence-electron chi connectivity index (χ0n) is 28.3. The first-order chi connectivity index (χ1) is 25.5. The van der Waals surface area contributed by atoms with E-state index >= 15 is 0 Å². The van der Waals surface area contributed by atoms with E-state index < -0.39 is 5.97 Å². The highest BCUT2D eigenvalue weighted by molar-refractivity contribution is 6.05. The highest BCUT2D eigenvalue weighted by atomic mass is 16.4. The summed E-state index contributed by atoms with van der Waals surface area (Å²) in [4.78, 5) is 30.6. The van der Waals surface area contributed by atoms with Gasteiger partial charge >= 0.3 is 5.97 Å². The zero-order valence-corrected chi connectivity index (χ0v) is 28.3. The van der Waals surface area contributed by atoms with Crippen LogP contribution in [-0.2, 0) is 0 Å². The minimum Gasteiger partial charge on any atom is -0.478 e. The fraction of sp³-hybridized carbons (Fsp3) is 0.0217. The van der Waals surface area contributed by atoms with Gasteiger partial charge in [-0.05, 0) is 83.8 Å². The molecule has 0 spiro atoms. The van der Waals surface area contributed by atoms with Crippen LogP contribution in [0.4, 0.5) is 0 Å². The fourth-order valence-electron chi connectivity index (χ4n) is 7.23. The summed E-state index contributed by atoms with van der Waals surface area (Å²) in [5.41, 5.74) is 15.0. The van der Waals surface area contributed by atoms with Gasteiger partial charge in [-0.2, -0.15) is 0 Å². The third kappa shape index (κ3) is 5.53. The smallest absolute Gasteiger partial charge is 0.336 e. The molecule has 2 aliphatic heterocycles. The molecular weight excluding hydrogens is 641 g/mol. The Bertz CT molecular complexity index is 2760. The van der Waals surface area contributed by atoms with E-state index in [1.54, 1.807) is 6.07 Å². The molecule has 52 heavy (non-hydrogen) atoms. The van der Waals surface area contributed by atoms with E-state index in [-0.39, 0.29) is 5.56 Å². The molecule has 6 heteroatoms. The lowest BCUT2D eigenvalue weighted by molar-refractivity contribution is 0.0697. The quantitative estimate of drug-likeness (QED) is 0.170. The van der Waals surface area contributed by atoms with Crippen molar-refractivity contribution in [1.29, 1.82) is 0 Å². The number of hydrogen-bond donors (Lipinski definition) is 3. The topological polar surface area (TPSA) is 94.7 Å². The van der Waals surface area contributed by atoms with Gasteiger partial charge in [0.25, 0.3) is 0 Å². The summed E-state index contributed by atoms with van der Waals surface area (Å²) >= 11 is 0. The van der Waals surface area contributed by atoms with Crippen molar-refractivity contribution in [1.82, 2.24) is 19.9 Å². The van der Waals surface area contributed by atoms with Crippen molar-refractivity contribution in [2.24, 2.45) is 0 Å². The number of carbonyl (C=O) groups is 1. The molecule has 7 aromatic rings. The number of rotatable bonds is 5. The molecule has 0 radical (unpaired) electrons. The Hall–Kier alpha value is -7.05. The van der Waals surface area contributed by atoms with Crippen molar-refractivity contribution in [3.8, 4) is 44.5 Å². The van der Waals surface area contributed by atoms with Crippen LogP contribution in [0.2, 0.25) is 0 Å². The molecular formula is C46H32N4O2. The maximum absolute atomic E-state index is 12.7. The molecule has 3 N–H and O–H groups in total. The number of aromatic carboxylic acids is 1. The van der Waals surface area contributed by atoms with Gasteiger partial charge in [-0.15, -0.1) is 0 Å². The summed E-state index contributed by atoms with van der Waals surface area (Å²) < 4.78 is 0. The molecule has 5 heterocycles. The van der Waals surface area contributed by atoms with E-state index in [4.69, 9.17) is 9.97 Å².